The van der Waals surface area contributed by atoms with Gasteiger partial charge < -0.3 is 10.6 Å². The number of nitrogens with zero attached hydrogens (tertiary/aromatic N) is 2. The van der Waals surface area contributed by atoms with Crippen molar-refractivity contribution in [2.75, 3.05) is 13.1 Å². The number of benzene rings is 1. The molecule has 2 aliphatic rings. The maximum atomic E-state index is 6.17. The van der Waals surface area contributed by atoms with Crippen LogP contribution in [0.15, 0.2) is 35.3 Å². The molecule has 1 aliphatic heterocycles. The first-order valence-corrected chi connectivity index (χ1v) is 7.37. The van der Waals surface area contributed by atoms with Gasteiger partial charge in [-0.25, -0.2) is 4.99 Å². The minimum absolute atomic E-state index is 0. The zero-order valence-electron chi connectivity index (χ0n) is 12.0. The summed E-state index contributed by atoms with van der Waals surface area (Å²) >= 11 is 0. The lowest BCUT2D eigenvalue weighted by atomic mass is 10.0. The molecule has 0 aromatic heterocycles. The van der Waals surface area contributed by atoms with Gasteiger partial charge in [0.2, 0.25) is 0 Å². The van der Waals surface area contributed by atoms with Crippen LogP contribution >= 0.6 is 24.0 Å². The average molecular weight is 385 g/mol. The summed E-state index contributed by atoms with van der Waals surface area (Å²) in [6.07, 6.45) is 3.71. The topological polar surface area (TPSA) is 41.6 Å². The second kappa shape index (κ2) is 6.78. The minimum Gasteiger partial charge on any atom is -0.370 e. The van der Waals surface area contributed by atoms with Crippen molar-refractivity contribution in [3.8, 4) is 0 Å². The van der Waals surface area contributed by atoms with E-state index >= 15 is 0 Å². The van der Waals surface area contributed by atoms with Crippen molar-refractivity contribution in [1.29, 1.82) is 0 Å². The Morgan fingerprint density at radius 3 is 2.75 bits per heavy atom. The molecule has 1 saturated heterocycles. The SMILES string of the molecule is CC1CCCN(C(N)=NC2CC2c2ccccc2)C1.I. The fraction of sp³-hybridized carbons (Fsp3) is 0.562. The lowest BCUT2D eigenvalue weighted by molar-refractivity contribution is 0.270. The molecule has 110 valence electrons. The molecule has 3 rings (SSSR count). The zero-order chi connectivity index (χ0) is 13.2. The summed E-state index contributed by atoms with van der Waals surface area (Å²) in [6.45, 7) is 4.43. The van der Waals surface area contributed by atoms with Crippen LogP contribution in [0, 0.1) is 5.92 Å². The Hall–Kier alpha value is -0.780. The van der Waals surface area contributed by atoms with Crippen molar-refractivity contribution in [1.82, 2.24) is 4.90 Å². The van der Waals surface area contributed by atoms with E-state index in [0.29, 0.717) is 12.0 Å². The molecule has 3 unspecified atom stereocenters. The first-order valence-electron chi connectivity index (χ1n) is 7.37. The maximum absolute atomic E-state index is 6.17. The van der Waals surface area contributed by atoms with E-state index in [1.54, 1.807) is 0 Å². The van der Waals surface area contributed by atoms with Crippen molar-refractivity contribution >= 4 is 29.9 Å². The van der Waals surface area contributed by atoms with Crippen LogP contribution in [0.3, 0.4) is 0 Å². The quantitative estimate of drug-likeness (QED) is 0.483. The Morgan fingerprint density at radius 2 is 2.05 bits per heavy atom. The molecule has 0 radical (unpaired) electrons. The van der Waals surface area contributed by atoms with Crippen LogP contribution in [0.25, 0.3) is 0 Å². The van der Waals surface area contributed by atoms with Crippen molar-refractivity contribution in [2.45, 2.75) is 38.1 Å². The molecule has 0 bridgehead atoms. The summed E-state index contributed by atoms with van der Waals surface area (Å²) in [7, 11) is 0. The Bertz CT molecular complexity index is 460. The Kier molecular flexibility index (Phi) is 5.29. The van der Waals surface area contributed by atoms with E-state index in [9.17, 15) is 0 Å². The van der Waals surface area contributed by atoms with E-state index in [0.717, 1.165) is 31.4 Å². The minimum atomic E-state index is 0. The molecule has 1 heterocycles. The average Bonchev–Trinajstić information content (AvgIpc) is 3.19. The van der Waals surface area contributed by atoms with Gasteiger partial charge in [0.05, 0.1) is 6.04 Å². The van der Waals surface area contributed by atoms with E-state index in [1.165, 1.54) is 18.4 Å². The molecule has 20 heavy (non-hydrogen) atoms. The van der Waals surface area contributed by atoms with E-state index in [-0.39, 0.29) is 24.0 Å². The molecule has 1 saturated carbocycles. The van der Waals surface area contributed by atoms with Crippen LogP contribution in [0.4, 0.5) is 0 Å². The molecular weight excluding hydrogens is 361 g/mol. The molecular formula is C16H24IN3. The van der Waals surface area contributed by atoms with Crippen molar-refractivity contribution in [2.24, 2.45) is 16.6 Å². The van der Waals surface area contributed by atoms with E-state index in [2.05, 4.69) is 42.2 Å². The van der Waals surface area contributed by atoms with Gasteiger partial charge in [0.25, 0.3) is 0 Å². The summed E-state index contributed by atoms with van der Waals surface area (Å²) in [5.41, 5.74) is 7.57. The number of halogens is 1. The van der Waals surface area contributed by atoms with Gasteiger partial charge in [0.1, 0.15) is 0 Å². The normalized spacial score (nSPS) is 29.8. The molecule has 1 aromatic rings. The number of rotatable bonds is 2. The number of piperidine rings is 1. The number of hydrogen-bond acceptors (Lipinski definition) is 1. The van der Waals surface area contributed by atoms with E-state index < -0.39 is 0 Å². The van der Waals surface area contributed by atoms with Crippen molar-refractivity contribution < 1.29 is 0 Å². The van der Waals surface area contributed by atoms with Crippen LogP contribution in [-0.2, 0) is 0 Å². The van der Waals surface area contributed by atoms with Gasteiger partial charge in [-0.2, -0.15) is 0 Å². The number of likely N-dealkylation sites (tertiary alicyclic amines) is 1. The number of aliphatic imine (C=N–C) groups is 1. The third kappa shape index (κ3) is 3.65. The standard InChI is InChI=1S/C16H23N3.HI/c1-12-6-5-9-19(11-12)16(17)18-15-10-14(15)13-7-3-2-4-8-13;/h2-4,7-8,12,14-15H,5-6,9-11H2,1H3,(H2,17,18);1H. The predicted molar refractivity (Wildman–Crippen MR) is 94.6 cm³/mol. The lowest BCUT2D eigenvalue weighted by Crippen LogP contribution is -2.43. The van der Waals surface area contributed by atoms with Crippen molar-refractivity contribution in [3.63, 3.8) is 0 Å². The highest BCUT2D eigenvalue weighted by Gasteiger charge is 2.38. The maximum Gasteiger partial charge on any atom is 0.191 e. The van der Waals surface area contributed by atoms with Crippen LogP contribution in [0.5, 0.6) is 0 Å². The predicted octanol–water partition coefficient (Wildman–Crippen LogP) is 3.21. The van der Waals surface area contributed by atoms with Gasteiger partial charge >= 0.3 is 0 Å². The molecule has 3 nitrogen and oxygen atoms in total. The van der Waals surface area contributed by atoms with Gasteiger partial charge in [0, 0.05) is 19.0 Å². The van der Waals surface area contributed by atoms with Gasteiger partial charge in [0.15, 0.2) is 5.96 Å². The zero-order valence-corrected chi connectivity index (χ0v) is 14.4. The fourth-order valence-corrected chi connectivity index (χ4v) is 3.03. The summed E-state index contributed by atoms with van der Waals surface area (Å²) < 4.78 is 0. The third-order valence-corrected chi connectivity index (χ3v) is 4.26. The molecule has 2 N–H and O–H groups in total. The fourth-order valence-electron chi connectivity index (χ4n) is 3.03. The molecule has 0 spiro atoms. The number of guanidine groups is 1. The monoisotopic (exact) mass is 385 g/mol. The smallest absolute Gasteiger partial charge is 0.191 e. The Morgan fingerprint density at radius 1 is 1.30 bits per heavy atom. The highest BCUT2D eigenvalue weighted by atomic mass is 127. The van der Waals surface area contributed by atoms with Crippen LogP contribution in [-0.4, -0.2) is 30.0 Å². The highest BCUT2D eigenvalue weighted by molar-refractivity contribution is 14.0. The lowest BCUT2D eigenvalue weighted by Gasteiger charge is -2.31. The van der Waals surface area contributed by atoms with Crippen LogP contribution in [0.2, 0.25) is 0 Å². The van der Waals surface area contributed by atoms with Gasteiger partial charge in [-0.15, -0.1) is 24.0 Å². The number of nitrogens with two attached hydrogens (primary N) is 1. The largest absolute Gasteiger partial charge is 0.370 e. The van der Waals surface area contributed by atoms with Gasteiger partial charge in [-0.05, 0) is 30.7 Å². The van der Waals surface area contributed by atoms with Crippen LogP contribution in [0.1, 0.15) is 37.7 Å². The molecule has 1 aliphatic carbocycles. The first-order chi connectivity index (χ1) is 9.24. The second-order valence-electron chi connectivity index (χ2n) is 6.00. The third-order valence-electron chi connectivity index (χ3n) is 4.26. The van der Waals surface area contributed by atoms with Gasteiger partial charge in [-0.3, -0.25) is 0 Å². The molecule has 2 fully saturated rings. The van der Waals surface area contributed by atoms with Crippen LogP contribution < -0.4 is 5.73 Å². The summed E-state index contributed by atoms with van der Waals surface area (Å²) in [5.74, 6) is 2.09. The molecule has 0 amide bonds. The summed E-state index contributed by atoms with van der Waals surface area (Å²) in [4.78, 5) is 6.98. The Labute approximate surface area is 138 Å². The summed E-state index contributed by atoms with van der Waals surface area (Å²) in [5, 5.41) is 0. The van der Waals surface area contributed by atoms with E-state index in [4.69, 9.17) is 10.7 Å². The molecule has 4 heteroatoms. The van der Waals surface area contributed by atoms with E-state index in [1.807, 2.05) is 0 Å². The molecule has 1 aromatic carbocycles. The highest BCUT2D eigenvalue weighted by Crippen LogP contribution is 2.43. The summed E-state index contributed by atoms with van der Waals surface area (Å²) in [6, 6.07) is 11.1. The first kappa shape index (κ1) is 15.6. The number of hydrogen-bond donors (Lipinski definition) is 1. The second-order valence-corrected chi connectivity index (χ2v) is 6.00. The Balaban J connectivity index is 0.00000147. The van der Waals surface area contributed by atoms with Crippen molar-refractivity contribution in [3.05, 3.63) is 35.9 Å². The molecule has 3 atom stereocenters. The van der Waals surface area contributed by atoms with Gasteiger partial charge in [-0.1, -0.05) is 37.3 Å².